The number of carbonyl (C=O) groups excluding carboxylic acids is 1. The van der Waals surface area contributed by atoms with E-state index in [1.807, 2.05) is 11.0 Å². The summed E-state index contributed by atoms with van der Waals surface area (Å²) in [6.45, 7) is 2.64. The highest BCUT2D eigenvalue weighted by atomic mass is 16.5. The summed E-state index contributed by atoms with van der Waals surface area (Å²) in [4.78, 5) is 14.4. The monoisotopic (exact) mass is 290 g/mol. The third kappa shape index (κ3) is 3.04. The van der Waals surface area contributed by atoms with E-state index in [1.165, 1.54) is 5.56 Å². The quantitative estimate of drug-likeness (QED) is 0.853. The maximum absolute atomic E-state index is 12.6. The molecule has 3 rings (SSSR count). The Morgan fingerprint density at radius 3 is 2.86 bits per heavy atom. The Kier molecular flexibility index (Phi) is 4.12. The van der Waals surface area contributed by atoms with Gasteiger partial charge in [0.15, 0.2) is 0 Å². The van der Waals surface area contributed by atoms with E-state index in [2.05, 4.69) is 0 Å². The summed E-state index contributed by atoms with van der Waals surface area (Å²) in [7, 11) is 0. The number of nitrogens with zero attached hydrogens (tertiary/aromatic N) is 1. The molecule has 2 heterocycles. The highest BCUT2D eigenvalue weighted by molar-refractivity contribution is 5.82. The summed E-state index contributed by atoms with van der Waals surface area (Å²) in [6.07, 6.45) is 2.54. The van der Waals surface area contributed by atoms with Gasteiger partial charge in [-0.05, 0) is 48.4 Å². The second-order valence-corrected chi connectivity index (χ2v) is 5.94. The first kappa shape index (κ1) is 14.4. The molecule has 0 radical (unpaired) electrons. The Bertz CT molecular complexity index is 526. The Morgan fingerprint density at radius 1 is 1.33 bits per heavy atom. The number of phenols is 1. The highest BCUT2D eigenvalue weighted by Gasteiger charge is 2.31. The smallest absolute Gasteiger partial charge is 0.240 e. The average Bonchev–Trinajstić information content (AvgIpc) is 2.53. The number of ether oxygens (including phenoxy) is 1. The summed E-state index contributed by atoms with van der Waals surface area (Å²) in [6, 6.07) is 4.94. The molecule has 114 valence electrons. The van der Waals surface area contributed by atoms with Crippen LogP contribution in [0, 0.1) is 5.92 Å². The van der Waals surface area contributed by atoms with E-state index in [4.69, 9.17) is 10.5 Å². The first-order chi connectivity index (χ1) is 10.1. The van der Waals surface area contributed by atoms with Gasteiger partial charge in [0.05, 0.1) is 6.04 Å². The molecule has 5 heteroatoms. The molecule has 0 aromatic heterocycles. The lowest BCUT2D eigenvalue weighted by Gasteiger charge is -2.34. The zero-order valence-electron chi connectivity index (χ0n) is 12.1. The number of amides is 1. The largest absolute Gasteiger partial charge is 0.508 e. The van der Waals surface area contributed by atoms with Crippen LogP contribution >= 0.6 is 0 Å². The molecule has 0 bridgehead atoms. The number of hydrogen-bond donors (Lipinski definition) is 2. The van der Waals surface area contributed by atoms with Crippen molar-refractivity contribution in [3.63, 3.8) is 0 Å². The summed E-state index contributed by atoms with van der Waals surface area (Å²) in [5, 5.41) is 9.58. The van der Waals surface area contributed by atoms with E-state index in [0.29, 0.717) is 26.3 Å². The van der Waals surface area contributed by atoms with Crippen LogP contribution in [0.5, 0.6) is 5.75 Å². The van der Waals surface area contributed by atoms with Gasteiger partial charge in [-0.1, -0.05) is 6.07 Å². The molecular formula is C16H22N2O3. The van der Waals surface area contributed by atoms with E-state index in [9.17, 15) is 9.90 Å². The molecule has 1 unspecified atom stereocenters. The van der Waals surface area contributed by atoms with Crippen molar-refractivity contribution >= 4 is 5.91 Å². The minimum atomic E-state index is -0.437. The number of fused-ring (bicyclic) bond motifs is 1. The van der Waals surface area contributed by atoms with Gasteiger partial charge in [-0.15, -0.1) is 0 Å². The molecule has 1 amide bonds. The van der Waals surface area contributed by atoms with Crippen LogP contribution in [-0.4, -0.2) is 41.7 Å². The fraction of sp³-hybridized carbons (Fsp3) is 0.562. The van der Waals surface area contributed by atoms with Gasteiger partial charge in [0.2, 0.25) is 5.91 Å². The van der Waals surface area contributed by atoms with Crippen molar-refractivity contribution in [2.45, 2.75) is 31.8 Å². The van der Waals surface area contributed by atoms with Gasteiger partial charge in [0.25, 0.3) is 0 Å². The number of aromatic hydroxyl groups is 1. The minimum Gasteiger partial charge on any atom is -0.508 e. The number of rotatable bonds is 2. The van der Waals surface area contributed by atoms with Gasteiger partial charge in [-0.2, -0.15) is 0 Å². The first-order valence-electron chi connectivity index (χ1n) is 7.58. The first-order valence-corrected chi connectivity index (χ1v) is 7.58. The Balaban J connectivity index is 1.68. The molecule has 21 heavy (non-hydrogen) atoms. The lowest BCUT2D eigenvalue weighted by Crippen LogP contribution is -2.50. The summed E-state index contributed by atoms with van der Waals surface area (Å²) in [5.41, 5.74) is 8.40. The summed E-state index contributed by atoms with van der Waals surface area (Å²) < 4.78 is 5.33. The molecule has 2 aliphatic heterocycles. The van der Waals surface area contributed by atoms with E-state index in [-0.39, 0.29) is 17.6 Å². The Labute approximate surface area is 124 Å². The van der Waals surface area contributed by atoms with E-state index in [1.54, 1.807) is 12.1 Å². The lowest BCUT2D eigenvalue weighted by molar-refractivity contribution is -0.135. The number of phenolic OH excluding ortho intramolecular Hbond substituents is 1. The fourth-order valence-corrected chi connectivity index (χ4v) is 3.22. The molecule has 1 atom stereocenters. The maximum atomic E-state index is 12.6. The third-order valence-electron chi connectivity index (χ3n) is 4.57. The predicted molar refractivity (Wildman–Crippen MR) is 78.7 cm³/mol. The molecule has 0 spiro atoms. The SMILES string of the molecule is NC(C(=O)N1CCc2ccc(O)cc2C1)C1CCOCC1. The van der Waals surface area contributed by atoms with Gasteiger partial charge < -0.3 is 20.5 Å². The number of benzene rings is 1. The van der Waals surface area contributed by atoms with Crippen molar-refractivity contribution in [2.24, 2.45) is 11.7 Å². The zero-order chi connectivity index (χ0) is 14.8. The van der Waals surface area contributed by atoms with E-state index in [0.717, 1.165) is 24.8 Å². The molecule has 1 saturated heterocycles. The molecule has 1 fully saturated rings. The predicted octanol–water partition coefficient (Wildman–Crippen LogP) is 1.03. The standard InChI is InChI=1S/C16H22N2O3/c17-15(12-4-7-21-8-5-12)16(20)18-6-3-11-1-2-14(19)9-13(11)10-18/h1-2,9,12,15,19H,3-8,10,17H2. The van der Waals surface area contributed by atoms with Gasteiger partial charge in [-0.3, -0.25) is 4.79 Å². The molecule has 3 N–H and O–H groups in total. The van der Waals surface area contributed by atoms with Gasteiger partial charge >= 0.3 is 0 Å². The van der Waals surface area contributed by atoms with Crippen molar-refractivity contribution in [3.05, 3.63) is 29.3 Å². The normalized spacial score (nSPS) is 20.9. The molecule has 0 saturated carbocycles. The number of carbonyl (C=O) groups is 1. The lowest BCUT2D eigenvalue weighted by atomic mass is 9.90. The van der Waals surface area contributed by atoms with Crippen molar-refractivity contribution in [1.82, 2.24) is 4.90 Å². The van der Waals surface area contributed by atoms with Crippen LogP contribution in [0.4, 0.5) is 0 Å². The second-order valence-electron chi connectivity index (χ2n) is 5.94. The Hall–Kier alpha value is -1.59. The summed E-state index contributed by atoms with van der Waals surface area (Å²) in [5.74, 6) is 0.490. The number of nitrogens with two attached hydrogens (primary N) is 1. The molecule has 1 aromatic rings. The summed E-state index contributed by atoms with van der Waals surface area (Å²) >= 11 is 0. The average molecular weight is 290 g/mol. The van der Waals surface area contributed by atoms with Crippen molar-refractivity contribution in [3.8, 4) is 5.75 Å². The second kappa shape index (κ2) is 6.03. The van der Waals surface area contributed by atoms with Crippen LogP contribution in [0.25, 0.3) is 0 Å². The van der Waals surface area contributed by atoms with Crippen molar-refractivity contribution in [1.29, 1.82) is 0 Å². The highest BCUT2D eigenvalue weighted by Crippen LogP contribution is 2.25. The number of hydrogen-bond acceptors (Lipinski definition) is 4. The Morgan fingerprint density at radius 2 is 2.10 bits per heavy atom. The van der Waals surface area contributed by atoms with Crippen LogP contribution in [0.2, 0.25) is 0 Å². The van der Waals surface area contributed by atoms with Crippen LogP contribution < -0.4 is 5.73 Å². The van der Waals surface area contributed by atoms with E-state index >= 15 is 0 Å². The van der Waals surface area contributed by atoms with Crippen LogP contribution in [-0.2, 0) is 22.5 Å². The van der Waals surface area contributed by atoms with Crippen molar-refractivity contribution in [2.75, 3.05) is 19.8 Å². The van der Waals surface area contributed by atoms with Gasteiger partial charge in [0.1, 0.15) is 5.75 Å². The van der Waals surface area contributed by atoms with Crippen LogP contribution in [0.1, 0.15) is 24.0 Å². The minimum absolute atomic E-state index is 0.0240. The molecule has 1 aromatic carbocycles. The van der Waals surface area contributed by atoms with Crippen LogP contribution in [0.3, 0.4) is 0 Å². The molecular weight excluding hydrogens is 268 g/mol. The van der Waals surface area contributed by atoms with E-state index < -0.39 is 6.04 Å². The van der Waals surface area contributed by atoms with Crippen LogP contribution in [0.15, 0.2) is 18.2 Å². The third-order valence-corrected chi connectivity index (χ3v) is 4.57. The zero-order valence-corrected chi connectivity index (χ0v) is 12.1. The fourth-order valence-electron chi connectivity index (χ4n) is 3.22. The topological polar surface area (TPSA) is 75.8 Å². The van der Waals surface area contributed by atoms with Crippen molar-refractivity contribution < 1.29 is 14.6 Å². The molecule has 2 aliphatic rings. The molecule has 0 aliphatic carbocycles. The van der Waals surface area contributed by atoms with Gasteiger partial charge in [0, 0.05) is 26.3 Å². The maximum Gasteiger partial charge on any atom is 0.240 e. The molecule has 5 nitrogen and oxygen atoms in total. The van der Waals surface area contributed by atoms with Gasteiger partial charge in [-0.25, -0.2) is 0 Å².